The maximum absolute atomic E-state index is 7.29. The summed E-state index contributed by atoms with van der Waals surface area (Å²) in [6.07, 6.45) is 0. The molecule has 5 heavy (non-hydrogen) atoms. The van der Waals surface area contributed by atoms with E-state index in [1.807, 2.05) is 0 Å². The van der Waals surface area contributed by atoms with Gasteiger partial charge in [-0.15, -0.1) is 0 Å². The topological polar surface area (TPSA) is 23.8 Å². The molecule has 4 heteroatoms. The van der Waals surface area contributed by atoms with E-state index in [0.717, 1.165) is 0 Å². The van der Waals surface area contributed by atoms with Crippen molar-refractivity contribution in [2.24, 2.45) is 0 Å². The van der Waals surface area contributed by atoms with Gasteiger partial charge >= 0.3 is 107 Å². The van der Waals surface area contributed by atoms with Crippen LogP contribution in [-0.4, -0.2) is 16.0 Å². The van der Waals surface area contributed by atoms with Gasteiger partial charge < -0.3 is 2.85 Å². The summed E-state index contributed by atoms with van der Waals surface area (Å²) in [6, 6.07) is 0. The number of nitrogens with zero attached hydrogens (tertiary/aromatic N) is 1. The van der Waals surface area contributed by atoms with Crippen LogP contribution in [0.15, 0.2) is 0 Å². The summed E-state index contributed by atoms with van der Waals surface area (Å²) < 4.78 is 0. The van der Waals surface area contributed by atoms with Gasteiger partial charge in [-0.25, -0.2) is 0 Å². The minimum Gasteiger partial charge on any atom is -1.00 e. The third-order valence-corrected chi connectivity index (χ3v) is 0. The van der Waals surface area contributed by atoms with Gasteiger partial charge in [-0.05, 0) is 0 Å². The molecule has 0 aromatic rings. The van der Waals surface area contributed by atoms with Crippen LogP contribution in [0.4, 0.5) is 0 Å². The minimum absolute atomic E-state index is 0. The van der Waals surface area contributed by atoms with Crippen molar-refractivity contribution in [3.8, 4) is 4.97 Å². The summed E-state index contributed by atoms with van der Waals surface area (Å²) in [6.45, 7) is 0. The molecule has 0 aliphatic rings. The third-order valence-electron chi connectivity index (χ3n) is 0. The van der Waals surface area contributed by atoms with E-state index in [-0.39, 0.29) is 83.8 Å². The summed E-state index contributed by atoms with van der Waals surface area (Å²) in [7, 11) is 0. The summed E-state index contributed by atoms with van der Waals surface area (Å²) in [5.41, 5.74) is 0. The quantitative estimate of drug-likeness (QED) is 0.332. The minimum atomic E-state index is 0. The first kappa shape index (κ1) is 15.6. The van der Waals surface area contributed by atoms with Crippen molar-refractivity contribution >= 4 is 16.0 Å². The zero-order valence-corrected chi connectivity index (χ0v) is 10.4. The Bertz CT molecular complexity index is 39.2. The molecule has 0 aromatic carbocycles. The second-order valence-electron chi connectivity index (χ2n) is 0.100. The van der Waals surface area contributed by atoms with E-state index in [2.05, 4.69) is 0 Å². The molecule has 1 nitrogen and oxygen atoms in total. The first-order valence-corrected chi connectivity index (χ1v) is 1.39. The molecule has 0 N–H and O–H groups in total. The Morgan fingerprint density at radius 1 is 1.80 bits per heavy atom. The molecule has 0 fully saturated rings. The zero-order valence-electron chi connectivity index (χ0n) is 5.39. The molecule has 0 radical (unpaired) electrons. The smallest absolute Gasteiger partial charge is 1.00 e. The molecule has 0 bridgehead atoms. The molecule has 0 aromatic heterocycles. The molecule has 20 valence electrons. The molecule has 0 saturated heterocycles. The predicted octanol–water partition coefficient (Wildman–Crippen LogP) is -6.40. The average molecular weight is 170 g/mol. The van der Waals surface area contributed by atoms with Crippen molar-refractivity contribution in [2.75, 3.05) is 0 Å². The maximum Gasteiger partial charge on any atom is 1.00 e. The predicted molar refractivity (Wildman–Crippen MR) is 15.0 cm³/mol. The van der Waals surface area contributed by atoms with Crippen LogP contribution < -0.4 is 80.9 Å². The summed E-state index contributed by atoms with van der Waals surface area (Å²) in [4.78, 5) is 1.69. The van der Waals surface area contributed by atoms with Crippen LogP contribution in [0.2, 0.25) is 0 Å². The van der Waals surface area contributed by atoms with E-state index in [1.165, 1.54) is 0 Å². The molecule has 0 unspecified atom stereocenters. The van der Waals surface area contributed by atoms with Crippen molar-refractivity contribution in [3.63, 3.8) is 0 Å². The van der Waals surface area contributed by atoms with Gasteiger partial charge in [0.05, 0.1) is 0 Å². The molecule has 0 spiro atoms. The monoisotopic (exact) mass is 171 g/mol. The van der Waals surface area contributed by atoms with Crippen LogP contribution in [0.3, 0.4) is 0 Å². The molecular weight excluding hydrogens is 167 g/mol. The van der Waals surface area contributed by atoms with E-state index in [0.29, 0.717) is 0 Å². The van der Waals surface area contributed by atoms with Crippen molar-refractivity contribution in [1.82, 2.24) is 0 Å². The first-order valence-electron chi connectivity index (χ1n) is 0.447. The van der Waals surface area contributed by atoms with Crippen molar-refractivity contribution < 1.29 is 83.8 Å². The second-order valence-corrected chi connectivity index (χ2v) is 0.520. The first-order chi connectivity index (χ1) is 1.41. The third kappa shape index (κ3) is 20.5. The van der Waals surface area contributed by atoms with Crippen molar-refractivity contribution in [2.45, 2.75) is 0 Å². The standard InChI is InChI=1S/CHNSe.K.Na.2H/c2-1-3;;;;/h3H;;;;/q;2*+1;2*-1. The molecule has 0 amide bonds. The number of hydrogen-bond donors (Lipinski definition) is 0. The van der Waals surface area contributed by atoms with Crippen LogP contribution >= 0.6 is 0 Å². The Hall–Kier alpha value is 2.65. The number of rotatable bonds is 0. The largest absolute Gasteiger partial charge is 1.00 e. The Balaban J connectivity index is -0.00000000333. The SMILES string of the molecule is N#C[SeH].[H-].[H-].[K+].[Na+]. The van der Waals surface area contributed by atoms with Gasteiger partial charge in [0.15, 0.2) is 0 Å². The van der Waals surface area contributed by atoms with Crippen LogP contribution in [0.5, 0.6) is 0 Å². The van der Waals surface area contributed by atoms with Gasteiger partial charge in [-0.3, -0.25) is 0 Å². The second kappa shape index (κ2) is 15.9. The summed E-state index contributed by atoms with van der Waals surface area (Å²) in [5.74, 6) is 0. The van der Waals surface area contributed by atoms with E-state index in [9.17, 15) is 0 Å². The van der Waals surface area contributed by atoms with Gasteiger partial charge in [0.1, 0.15) is 0 Å². The molecule has 0 aliphatic heterocycles. The normalized spacial score (nSPS) is 1.60. The molecule has 0 saturated carbocycles. The summed E-state index contributed by atoms with van der Waals surface area (Å²) >= 11 is 1.77. The fraction of sp³-hybridized carbons (Fsp3) is 0. The Morgan fingerprint density at radius 3 is 1.80 bits per heavy atom. The van der Waals surface area contributed by atoms with Gasteiger partial charge in [0.25, 0.3) is 0 Å². The van der Waals surface area contributed by atoms with Crippen LogP contribution in [-0.2, 0) is 0 Å². The van der Waals surface area contributed by atoms with Crippen LogP contribution in [0, 0.1) is 10.2 Å². The summed E-state index contributed by atoms with van der Waals surface area (Å²) in [5, 5.41) is 7.29. The zero-order chi connectivity index (χ0) is 2.71. The van der Waals surface area contributed by atoms with E-state index in [1.54, 1.807) is 21.0 Å². The molecular formula is CH3KNNaSe. The molecule has 0 atom stereocenters. The van der Waals surface area contributed by atoms with E-state index < -0.39 is 0 Å². The fourth-order valence-corrected chi connectivity index (χ4v) is 0. The molecule has 0 rings (SSSR count). The van der Waals surface area contributed by atoms with Gasteiger partial charge in [0.2, 0.25) is 0 Å². The van der Waals surface area contributed by atoms with E-state index in [4.69, 9.17) is 5.26 Å². The van der Waals surface area contributed by atoms with Gasteiger partial charge in [0, 0.05) is 0 Å². The van der Waals surface area contributed by atoms with E-state index >= 15 is 0 Å². The Labute approximate surface area is 107 Å². The Kier molecular flexibility index (Phi) is 49.9. The number of nitriles is 1. The van der Waals surface area contributed by atoms with Gasteiger partial charge in [-0.1, -0.05) is 0 Å². The van der Waals surface area contributed by atoms with Crippen LogP contribution in [0.1, 0.15) is 2.85 Å². The van der Waals surface area contributed by atoms with Gasteiger partial charge in [-0.2, -0.15) is 0 Å². The van der Waals surface area contributed by atoms with Crippen molar-refractivity contribution in [3.05, 3.63) is 0 Å². The maximum atomic E-state index is 7.29. The number of hydrogen-bond acceptors (Lipinski definition) is 1. The Morgan fingerprint density at radius 2 is 1.80 bits per heavy atom. The van der Waals surface area contributed by atoms with Crippen molar-refractivity contribution in [1.29, 1.82) is 5.26 Å². The fourth-order valence-electron chi connectivity index (χ4n) is 0. The van der Waals surface area contributed by atoms with Crippen LogP contribution in [0.25, 0.3) is 0 Å². The molecule has 0 aliphatic carbocycles. The average Bonchev–Trinajstić information content (AvgIpc) is 0.918. The molecule has 0 heterocycles.